The first-order valence-electron chi connectivity index (χ1n) is 7.39. The molecule has 1 heterocycles. The largest absolute Gasteiger partial charge is 0.487 e. The number of thiazole rings is 1. The summed E-state index contributed by atoms with van der Waals surface area (Å²) >= 11 is 1.51. The van der Waals surface area contributed by atoms with E-state index >= 15 is 0 Å². The summed E-state index contributed by atoms with van der Waals surface area (Å²) in [6.07, 6.45) is 2.82. The fraction of sp³-hybridized carbons (Fsp3) is 0.0526. The Balaban J connectivity index is 1.62. The van der Waals surface area contributed by atoms with E-state index in [0.717, 1.165) is 23.4 Å². The van der Waals surface area contributed by atoms with Gasteiger partial charge in [-0.3, -0.25) is 4.79 Å². The van der Waals surface area contributed by atoms with Gasteiger partial charge in [-0.05, 0) is 35.9 Å². The molecule has 25 heavy (non-hydrogen) atoms. The van der Waals surface area contributed by atoms with Crippen LogP contribution in [-0.4, -0.2) is 10.8 Å². The molecule has 0 atom stereocenters. The summed E-state index contributed by atoms with van der Waals surface area (Å²) in [6.45, 7) is 0.390. The van der Waals surface area contributed by atoms with E-state index in [1.54, 1.807) is 35.9 Å². The maximum Gasteiger partial charge on any atom is 0.188 e. The number of ketones is 1. The summed E-state index contributed by atoms with van der Waals surface area (Å²) in [7, 11) is 0. The molecule has 0 saturated heterocycles. The maximum absolute atomic E-state index is 13.6. The summed E-state index contributed by atoms with van der Waals surface area (Å²) in [6, 6.07) is 9.98. The van der Waals surface area contributed by atoms with Gasteiger partial charge in [-0.25, -0.2) is 13.8 Å². The smallest absolute Gasteiger partial charge is 0.188 e. The zero-order valence-corrected chi connectivity index (χ0v) is 13.8. The lowest BCUT2D eigenvalue weighted by Gasteiger charge is -2.04. The van der Waals surface area contributed by atoms with Gasteiger partial charge in [-0.2, -0.15) is 0 Å². The second kappa shape index (κ2) is 7.81. The molecular formula is C19H13F2NO2S. The van der Waals surface area contributed by atoms with Crippen LogP contribution >= 0.6 is 11.3 Å². The maximum atomic E-state index is 13.6. The SMILES string of the molecule is O=C(/C=C/c1ccc(OCc2cscn2)cc1)c1ccc(F)cc1F. The van der Waals surface area contributed by atoms with E-state index in [-0.39, 0.29) is 5.56 Å². The van der Waals surface area contributed by atoms with Crippen LogP contribution in [0.1, 0.15) is 21.6 Å². The van der Waals surface area contributed by atoms with E-state index in [9.17, 15) is 13.6 Å². The number of halogens is 2. The number of carbonyl (C=O) groups is 1. The minimum atomic E-state index is -0.875. The molecule has 0 saturated carbocycles. The van der Waals surface area contributed by atoms with Crippen molar-refractivity contribution in [3.05, 3.63) is 87.9 Å². The third kappa shape index (κ3) is 4.58. The molecule has 0 aliphatic carbocycles. The first kappa shape index (κ1) is 17.0. The predicted molar refractivity (Wildman–Crippen MR) is 92.6 cm³/mol. The van der Waals surface area contributed by atoms with Crippen LogP contribution in [0.15, 0.2) is 59.4 Å². The summed E-state index contributed by atoms with van der Waals surface area (Å²) < 4.78 is 32.0. The molecule has 0 spiro atoms. The molecule has 0 unspecified atom stereocenters. The van der Waals surface area contributed by atoms with Gasteiger partial charge >= 0.3 is 0 Å². The molecule has 3 nitrogen and oxygen atoms in total. The highest BCUT2D eigenvalue weighted by atomic mass is 32.1. The number of allylic oxidation sites excluding steroid dienone is 1. The normalized spacial score (nSPS) is 11.0. The monoisotopic (exact) mass is 357 g/mol. The van der Waals surface area contributed by atoms with Gasteiger partial charge < -0.3 is 4.74 Å². The van der Waals surface area contributed by atoms with Crippen molar-refractivity contribution in [1.29, 1.82) is 0 Å². The Labute approximate surface area is 147 Å². The Bertz CT molecular complexity index is 890. The van der Waals surface area contributed by atoms with E-state index in [1.165, 1.54) is 17.4 Å². The molecule has 0 aliphatic heterocycles. The van der Waals surface area contributed by atoms with Gasteiger partial charge in [-0.1, -0.05) is 18.2 Å². The van der Waals surface area contributed by atoms with Crippen molar-refractivity contribution in [3.63, 3.8) is 0 Å². The molecule has 0 bridgehead atoms. The summed E-state index contributed by atoms with van der Waals surface area (Å²) in [4.78, 5) is 16.1. The van der Waals surface area contributed by atoms with E-state index in [4.69, 9.17) is 4.74 Å². The number of hydrogen-bond donors (Lipinski definition) is 0. The summed E-state index contributed by atoms with van der Waals surface area (Å²) in [5.41, 5.74) is 3.20. The Morgan fingerprint density at radius 3 is 2.64 bits per heavy atom. The fourth-order valence-electron chi connectivity index (χ4n) is 2.09. The Kier molecular flexibility index (Phi) is 5.30. The van der Waals surface area contributed by atoms with Gasteiger partial charge in [0, 0.05) is 11.4 Å². The lowest BCUT2D eigenvalue weighted by molar-refractivity contribution is 0.104. The van der Waals surface area contributed by atoms with Crippen LogP contribution in [-0.2, 0) is 6.61 Å². The minimum Gasteiger partial charge on any atom is -0.487 e. The van der Waals surface area contributed by atoms with Gasteiger partial charge in [0.15, 0.2) is 5.78 Å². The van der Waals surface area contributed by atoms with Gasteiger partial charge in [0.1, 0.15) is 24.0 Å². The van der Waals surface area contributed by atoms with Crippen molar-refractivity contribution >= 4 is 23.2 Å². The lowest BCUT2D eigenvalue weighted by Crippen LogP contribution is -1.99. The van der Waals surface area contributed by atoms with Gasteiger partial charge in [0.05, 0.1) is 16.8 Å². The van der Waals surface area contributed by atoms with Crippen molar-refractivity contribution in [2.75, 3.05) is 0 Å². The highest BCUT2D eigenvalue weighted by molar-refractivity contribution is 7.07. The van der Waals surface area contributed by atoms with Crippen LogP contribution in [0.3, 0.4) is 0 Å². The third-order valence-corrected chi connectivity index (χ3v) is 4.01. The highest BCUT2D eigenvalue weighted by Crippen LogP contribution is 2.16. The molecular weight excluding hydrogens is 344 g/mol. The predicted octanol–water partition coefficient (Wildman–Crippen LogP) is 4.90. The van der Waals surface area contributed by atoms with Crippen LogP contribution in [0, 0.1) is 11.6 Å². The summed E-state index contributed by atoms with van der Waals surface area (Å²) in [5.74, 6) is -1.44. The Hall–Kier alpha value is -2.86. The molecule has 0 radical (unpaired) electrons. The second-order valence-corrected chi connectivity index (χ2v) is 5.88. The molecule has 0 amide bonds. The number of nitrogens with zero attached hydrogens (tertiary/aromatic N) is 1. The van der Waals surface area contributed by atoms with Gasteiger partial charge in [-0.15, -0.1) is 11.3 Å². The minimum absolute atomic E-state index is 0.166. The Morgan fingerprint density at radius 1 is 1.16 bits per heavy atom. The molecule has 6 heteroatoms. The van der Waals surface area contributed by atoms with Crippen LogP contribution in [0.25, 0.3) is 6.08 Å². The first-order chi connectivity index (χ1) is 12.1. The molecule has 1 aromatic heterocycles. The van der Waals surface area contributed by atoms with E-state index in [1.807, 2.05) is 5.38 Å². The quantitative estimate of drug-likeness (QED) is 0.465. The van der Waals surface area contributed by atoms with Crippen molar-refractivity contribution in [2.45, 2.75) is 6.61 Å². The topological polar surface area (TPSA) is 39.2 Å². The average molecular weight is 357 g/mol. The number of benzene rings is 2. The second-order valence-electron chi connectivity index (χ2n) is 5.16. The molecule has 126 valence electrons. The average Bonchev–Trinajstić information content (AvgIpc) is 3.12. The number of carbonyl (C=O) groups excluding carboxylic acids is 1. The lowest BCUT2D eigenvalue weighted by atomic mass is 10.1. The van der Waals surface area contributed by atoms with Crippen molar-refractivity contribution in [2.24, 2.45) is 0 Å². The zero-order chi connectivity index (χ0) is 17.6. The molecule has 0 fully saturated rings. The fourth-order valence-corrected chi connectivity index (χ4v) is 2.64. The highest BCUT2D eigenvalue weighted by Gasteiger charge is 2.09. The third-order valence-electron chi connectivity index (χ3n) is 3.37. The van der Waals surface area contributed by atoms with E-state index in [2.05, 4.69) is 4.98 Å². The van der Waals surface area contributed by atoms with Gasteiger partial charge in [0.25, 0.3) is 0 Å². The molecule has 3 rings (SSSR count). The number of rotatable bonds is 6. The molecule has 3 aromatic rings. The van der Waals surface area contributed by atoms with Crippen LogP contribution in [0.2, 0.25) is 0 Å². The zero-order valence-electron chi connectivity index (χ0n) is 13.0. The number of hydrogen-bond acceptors (Lipinski definition) is 4. The van der Waals surface area contributed by atoms with Crippen LogP contribution < -0.4 is 4.74 Å². The first-order valence-corrected chi connectivity index (χ1v) is 8.33. The van der Waals surface area contributed by atoms with Crippen LogP contribution in [0.5, 0.6) is 5.75 Å². The Morgan fingerprint density at radius 2 is 1.96 bits per heavy atom. The van der Waals surface area contributed by atoms with Crippen LogP contribution in [0.4, 0.5) is 8.78 Å². The van der Waals surface area contributed by atoms with E-state index < -0.39 is 17.4 Å². The van der Waals surface area contributed by atoms with Crippen molar-refractivity contribution in [3.8, 4) is 5.75 Å². The molecule has 0 N–H and O–H groups in total. The van der Waals surface area contributed by atoms with Crippen molar-refractivity contribution in [1.82, 2.24) is 4.98 Å². The van der Waals surface area contributed by atoms with Gasteiger partial charge in [0.2, 0.25) is 0 Å². The molecule has 0 aliphatic rings. The van der Waals surface area contributed by atoms with Crippen molar-refractivity contribution < 1.29 is 18.3 Å². The van der Waals surface area contributed by atoms with E-state index in [0.29, 0.717) is 18.4 Å². The number of aromatic nitrogens is 1. The standard InChI is InChI=1S/C19H13F2NO2S/c20-14-4-7-17(18(21)9-14)19(23)8-3-13-1-5-16(6-2-13)24-10-15-11-25-12-22-15/h1-9,11-12H,10H2/b8-3+. The number of ether oxygens (including phenoxy) is 1. The molecule has 2 aromatic carbocycles. The summed E-state index contributed by atoms with van der Waals surface area (Å²) in [5, 5.41) is 1.91.